The molecular weight excluding hydrogens is 174 g/mol. The van der Waals surface area contributed by atoms with Crippen LogP contribution in [0.15, 0.2) is 0 Å². The van der Waals surface area contributed by atoms with E-state index in [1.54, 1.807) is 0 Å². The normalized spacial score (nSPS) is 28.0. The van der Waals surface area contributed by atoms with Crippen molar-refractivity contribution >= 4 is 5.78 Å². The Bertz CT molecular complexity index is 189. The van der Waals surface area contributed by atoms with Gasteiger partial charge in [-0.15, -0.1) is 0 Å². The first-order valence-electron chi connectivity index (χ1n) is 5.77. The molecule has 1 aliphatic rings. The lowest BCUT2D eigenvalue weighted by Gasteiger charge is -2.25. The fourth-order valence-electron chi connectivity index (χ4n) is 2.26. The highest BCUT2D eigenvalue weighted by Crippen LogP contribution is 2.29. The van der Waals surface area contributed by atoms with Crippen molar-refractivity contribution in [1.82, 2.24) is 4.90 Å². The van der Waals surface area contributed by atoms with E-state index in [1.807, 2.05) is 14.1 Å². The predicted octanol–water partition coefficient (Wildman–Crippen LogP) is 2.33. The SMILES string of the molecule is CC1CCCC(C(=O)CCN(C)C)C1. The molecule has 0 spiro atoms. The molecule has 1 aliphatic carbocycles. The summed E-state index contributed by atoms with van der Waals surface area (Å²) in [5, 5.41) is 0. The quantitative estimate of drug-likeness (QED) is 0.689. The summed E-state index contributed by atoms with van der Waals surface area (Å²) in [7, 11) is 4.05. The molecule has 0 aliphatic heterocycles. The smallest absolute Gasteiger partial charge is 0.137 e. The van der Waals surface area contributed by atoms with Crippen LogP contribution in [0.4, 0.5) is 0 Å². The number of hydrogen-bond acceptors (Lipinski definition) is 2. The van der Waals surface area contributed by atoms with Crippen LogP contribution in [0.25, 0.3) is 0 Å². The second-order valence-corrected chi connectivity index (χ2v) is 4.99. The van der Waals surface area contributed by atoms with Crippen molar-refractivity contribution in [3.8, 4) is 0 Å². The Morgan fingerprint density at radius 2 is 2.07 bits per heavy atom. The lowest BCUT2D eigenvalue weighted by atomic mass is 9.79. The molecule has 0 bridgehead atoms. The molecule has 2 nitrogen and oxygen atoms in total. The van der Waals surface area contributed by atoms with Crippen LogP contribution in [0.1, 0.15) is 39.0 Å². The van der Waals surface area contributed by atoms with Crippen LogP contribution in [0, 0.1) is 11.8 Å². The molecule has 0 aromatic heterocycles. The Hall–Kier alpha value is -0.370. The molecule has 2 heteroatoms. The summed E-state index contributed by atoms with van der Waals surface area (Å²) < 4.78 is 0. The third-order valence-corrected chi connectivity index (χ3v) is 3.20. The van der Waals surface area contributed by atoms with E-state index in [9.17, 15) is 4.79 Å². The molecule has 1 saturated carbocycles. The van der Waals surface area contributed by atoms with E-state index < -0.39 is 0 Å². The lowest BCUT2D eigenvalue weighted by Crippen LogP contribution is -2.25. The molecule has 1 fully saturated rings. The minimum atomic E-state index is 0.374. The first-order chi connectivity index (χ1) is 6.59. The van der Waals surface area contributed by atoms with E-state index in [-0.39, 0.29) is 0 Å². The van der Waals surface area contributed by atoms with Crippen LogP contribution in [-0.4, -0.2) is 31.3 Å². The average Bonchev–Trinajstić information content (AvgIpc) is 2.14. The van der Waals surface area contributed by atoms with Crippen molar-refractivity contribution in [1.29, 1.82) is 0 Å². The number of rotatable bonds is 4. The van der Waals surface area contributed by atoms with Crippen molar-refractivity contribution in [3.63, 3.8) is 0 Å². The molecule has 2 unspecified atom stereocenters. The Morgan fingerprint density at radius 3 is 2.64 bits per heavy atom. The molecule has 0 N–H and O–H groups in total. The van der Waals surface area contributed by atoms with Gasteiger partial charge < -0.3 is 4.90 Å². The minimum absolute atomic E-state index is 0.374. The Balaban J connectivity index is 2.29. The summed E-state index contributed by atoms with van der Waals surface area (Å²) in [5.41, 5.74) is 0. The highest BCUT2D eigenvalue weighted by Gasteiger charge is 2.24. The van der Waals surface area contributed by atoms with Gasteiger partial charge >= 0.3 is 0 Å². The zero-order valence-electron chi connectivity index (χ0n) is 9.75. The van der Waals surface area contributed by atoms with E-state index in [0.717, 1.165) is 31.7 Å². The summed E-state index contributed by atoms with van der Waals surface area (Å²) >= 11 is 0. The van der Waals surface area contributed by atoms with Crippen LogP contribution >= 0.6 is 0 Å². The van der Waals surface area contributed by atoms with Crippen molar-refractivity contribution in [2.75, 3.05) is 20.6 Å². The van der Waals surface area contributed by atoms with Crippen LogP contribution in [0.3, 0.4) is 0 Å². The maximum Gasteiger partial charge on any atom is 0.137 e. The number of hydrogen-bond donors (Lipinski definition) is 0. The van der Waals surface area contributed by atoms with E-state index in [1.165, 1.54) is 12.8 Å². The second-order valence-electron chi connectivity index (χ2n) is 4.99. The van der Waals surface area contributed by atoms with E-state index >= 15 is 0 Å². The molecule has 14 heavy (non-hydrogen) atoms. The lowest BCUT2D eigenvalue weighted by molar-refractivity contribution is -0.124. The van der Waals surface area contributed by atoms with Gasteiger partial charge in [-0.05, 0) is 32.9 Å². The van der Waals surface area contributed by atoms with Crippen molar-refractivity contribution in [3.05, 3.63) is 0 Å². The van der Waals surface area contributed by atoms with Crippen molar-refractivity contribution in [2.45, 2.75) is 39.0 Å². The number of carbonyl (C=O) groups excluding carboxylic acids is 1. The zero-order chi connectivity index (χ0) is 10.6. The fraction of sp³-hybridized carbons (Fsp3) is 0.917. The Morgan fingerprint density at radius 1 is 1.36 bits per heavy atom. The topological polar surface area (TPSA) is 20.3 Å². The van der Waals surface area contributed by atoms with Crippen LogP contribution in [0.2, 0.25) is 0 Å². The molecule has 0 radical (unpaired) electrons. The highest BCUT2D eigenvalue weighted by atomic mass is 16.1. The second kappa shape index (κ2) is 5.50. The summed E-state index contributed by atoms with van der Waals surface area (Å²) in [4.78, 5) is 13.9. The van der Waals surface area contributed by atoms with Gasteiger partial charge in [0, 0.05) is 18.9 Å². The minimum Gasteiger partial charge on any atom is -0.309 e. The van der Waals surface area contributed by atoms with Gasteiger partial charge in [0.2, 0.25) is 0 Å². The van der Waals surface area contributed by atoms with Crippen molar-refractivity contribution in [2.24, 2.45) is 11.8 Å². The number of carbonyl (C=O) groups is 1. The maximum absolute atomic E-state index is 11.8. The van der Waals surface area contributed by atoms with Crippen LogP contribution in [0.5, 0.6) is 0 Å². The van der Waals surface area contributed by atoms with E-state index in [2.05, 4.69) is 11.8 Å². The molecule has 0 saturated heterocycles. The third kappa shape index (κ3) is 3.79. The summed E-state index contributed by atoms with van der Waals surface area (Å²) in [6.45, 7) is 3.18. The first-order valence-corrected chi connectivity index (χ1v) is 5.77. The van der Waals surface area contributed by atoms with Gasteiger partial charge in [-0.25, -0.2) is 0 Å². The fourth-order valence-corrected chi connectivity index (χ4v) is 2.26. The molecule has 1 rings (SSSR count). The van der Waals surface area contributed by atoms with Gasteiger partial charge in [0.15, 0.2) is 0 Å². The molecule has 82 valence electrons. The molecule has 0 amide bonds. The number of ketones is 1. The molecule has 2 atom stereocenters. The number of nitrogens with zero attached hydrogens (tertiary/aromatic N) is 1. The largest absolute Gasteiger partial charge is 0.309 e. The highest BCUT2D eigenvalue weighted by molar-refractivity contribution is 5.81. The standard InChI is InChI=1S/C12H23NO/c1-10-5-4-6-11(9-10)12(14)7-8-13(2)3/h10-11H,4-9H2,1-3H3. The van der Waals surface area contributed by atoms with Crippen molar-refractivity contribution < 1.29 is 4.79 Å². The molecule has 0 heterocycles. The molecule has 0 aromatic rings. The molecular formula is C12H23NO. The number of Topliss-reactive ketones (excluding diaryl/α,β-unsaturated/α-hetero) is 1. The Kier molecular flexibility index (Phi) is 4.59. The molecule has 0 aromatic carbocycles. The van der Waals surface area contributed by atoms with Gasteiger partial charge in [-0.3, -0.25) is 4.79 Å². The maximum atomic E-state index is 11.8. The zero-order valence-corrected chi connectivity index (χ0v) is 9.75. The van der Waals surface area contributed by atoms with Gasteiger partial charge in [0.1, 0.15) is 5.78 Å². The van der Waals surface area contributed by atoms with Gasteiger partial charge in [-0.2, -0.15) is 0 Å². The van der Waals surface area contributed by atoms with E-state index in [0.29, 0.717) is 11.7 Å². The summed E-state index contributed by atoms with van der Waals surface area (Å²) in [6.07, 6.45) is 5.57. The third-order valence-electron chi connectivity index (χ3n) is 3.20. The average molecular weight is 197 g/mol. The van der Waals surface area contributed by atoms with Gasteiger partial charge in [-0.1, -0.05) is 19.8 Å². The van der Waals surface area contributed by atoms with Gasteiger partial charge in [0.25, 0.3) is 0 Å². The van der Waals surface area contributed by atoms with Crippen LogP contribution in [-0.2, 0) is 4.79 Å². The van der Waals surface area contributed by atoms with Crippen LogP contribution < -0.4 is 0 Å². The summed E-state index contributed by atoms with van der Waals surface area (Å²) in [5.74, 6) is 1.63. The first kappa shape index (κ1) is 11.7. The Labute approximate surface area is 87.7 Å². The monoisotopic (exact) mass is 197 g/mol. The predicted molar refractivity (Wildman–Crippen MR) is 59.3 cm³/mol. The van der Waals surface area contributed by atoms with Gasteiger partial charge in [0.05, 0.1) is 0 Å². The van der Waals surface area contributed by atoms with E-state index in [4.69, 9.17) is 0 Å². The summed E-state index contributed by atoms with van der Waals surface area (Å²) in [6, 6.07) is 0.